The number of rotatable bonds is 0. The number of benzene rings is 1. The van der Waals surface area contributed by atoms with E-state index in [1.165, 1.54) is 0 Å². The summed E-state index contributed by atoms with van der Waals surface area (Å²) < 4.78 is 10.8. The van der Waals surface area contributed by atoms with Crippen LogP contribution in [-0.4, -0.2) is 11.9 Å². The number of allylic oxidation sites excluding steroid dienone is 2. The Kier molecular flexibility index (Phi) is 3.85. The van der Waals surface area contributed by atoms with Gasteiger partial charge < -0.3 is 14.6 Å². The molecule has 2 unspecified atom stereocenters. The number of aliphatic hydroxyl groups excluding tert-OH is 1. The van der Waals surface area contributed by atoms with Gasteiger partial charge in [0, 0.05) is 17.4 Å². The Hall–Kier alpha value is -2.78. The predicted octanol–water partition coefficient (Wildman–Crippen LogP) is 2.78. The second-order valence-corrected chi connectivity index (χ2v) is 4.81. The fourth-order valence-electron chi connectivity index (χ4n) is 2.32. The van der Waals surface area contributed by atoms with Gasteiger partial charge >= 0.3 is 0 Å². The van der Waals surface area contributed by atoms with Gasteiger partial charge in [-0.05, 0) is 30.7 Å². The Morgan fingerprint density at radius 2 is 1.62 bits per heavy atom. The van der Waals surface area contributed by atoms with Crippen LogP contribution in [0.4, 0.5) is 0 Å². The lowest BCUT2D eigenvalue weighted by Crippen LogP contribution is -2.01. The first-order valence-corrected chi connectivity index (χ1v) is 6.76. The molecule has 0 spiro atoms. The van der Waals surface area contributed by atoms with Crippen molar-refractivity contribution in [3.8, 4) is 23.9 Å². The van der Waals surface area contributed by atoms with Gasteiger partial charge in [0.25, 0.3) is 0 Å². The minimum Gasteiger partial charge on any atom is -0.462 e. The predicted molar refractivity (Wildman–Crippen MR) is 77.8 cm³/mol. The van der Waals surface area contributed by atoms with Crippen molar-refractivity contribution in [3.63, 3.8) is 0 Å². The third-order valence-electron chi connectivity index (χ3n) is 3.31. The molecule has 1 fully saturated rings. The quantitative estimate of drug-likeness (QED) is 0.742. The topological polar surface area (TPSA) is 38.7 Å². The van der Waals surface area contributed by atoms with Crippen LogP contribution in [0, 0.1) is 35.7 Å². The maximum atomic E-state index is 8.83. The highest BCUT2D eigenvalue weighted by Gasteiger charge is 2.24. The van der Waals surface area contributed by atoms with E-state index in [2.05, 4.69) is 17.8 Å². The fourth-order valence-corrected chi connectivity index (χ4v) is 2.32. The summed E-state index contributed by atoms with van der Waals surface area (Å²) in [5, 5.41) is 8.83. The molecule has 0 amide bonds. The third-order valence-corrected chi connectivity index (χ3v) is 3.31. The van der Waals surface area contributed by atoms with Crippen LogP contribution in [0.3, 0.4) is 0 Å². The average Bonchev–Trinajstić information content (AvgIpc) is 2.86. The van der Waals surface area contributed by atoms with E-state index in [9.17, 15) is 0 Å². The second kappa shape index (κ2) is 6.11. The van der Waals surface area contributed by atoms with Crippen molar-refractivity contribution >= 4 is 0 Å². The molecule has 2 atom stereocenters. The standard InChI is InChI=1S/C18H14O3/c19-9-8-16-10-15(7-6-14-4-2-1-3-5-14)11-17-18(12-16)21-13-20-17/h1-5,11-12,15-16,19H,10,13H2. The van der Waals surface area contributed by atoms with Gasteiger partial charge in [-0.2, -0.15) is 0 Å². The molecule has 0 saturated carbocycles. The molecule has 0 aromatic heterocycles. The molecule has 1 aliphatic heterocycles. The third kappa shape index (κ3) is 3.22. The highest BCUT2D eigenvalue weighted by molar-refractivity contribution is 5.37. The number of fused-ring (bicyclic) bond motifs is 1. The first-order valence-electron chi connectivity index (χ1n) is 6.76. The molecule has 1 aromatic carbocycles. The molecule has 104 valence electrons. The summed E-state index contributed by atoms with van der Waals surface area (Å²) in [4.78, 5) is 0. The molecule has 1 saturated heterocycles. The zero-order valence-electron chi connectivity index (χ0n) is 11.4. The van der Waals surface area contributed by atoms with E-state index in [1.54, 1.807) is 0 Å². The second-order valence-electron chi connectivity index (χ2n) is 4.81. The number of hydrogen-bond acceptors (Lipinski definition) is 3. The fraction of sp³-hybridized carbons (Fsp3) is 0.222. The van der Waals surface area contributed by atoms with Crippen LogP contribution in [0.25, 0.3) is 0 Å². The summed E-state index contributed by atoms with van der Waals surface area (Å²) in [5.41, 5.74) is 0.974. The summed E-state index contributed by atoms with van der Waals surface area (Å²) in [7, 11) is 0. The van der Waals surface area contributed by atoms with E-state index in [-0.39, 0.29) is 18.6 Å². The van der Waals surface area contributed by atoms with E-state index in [1.807, 2.05) is 48.6 Å². The Morgan fingerprint density at radius 1 is 0.952 bits per heavy atom. The van der Waals surface area contributed by atoms with Crippen LogP contribution in [0.1, 0.15) is 12.0 Å². The maximum absolute atomic E-state index is 8.83. The van der Waals surface area contributed by atoms with Crippen molar-refractivity contribution in [2.75, 3.05) is 6.79 Å². The first kappa shape index (κ1) is 13.2. The van der Waals surface area contributed by atoms with Gasteiger partial charge in [-0.1, -0.05) is 36.0 Å². The Labute approximate surface area is 123 Å². The van der Waals surface area contributed by atoms with Gasteiger partial charge in [-0.15, -0.1) is 0 Å². The van der Waals surface area contributed by atoms with Gasteiger partial charge in [0.2, 0.25) is 6.79 Å². The Balaban J connectivity index is 1.86. The van der Waals surface area contributed by atoms with Crippen LogP contribution in [0.5, 0.6) is 0 Å². The molecule has 3 nitrogen and oxygen atoms in total. The van der Waals surface area contributed by atoms with Crippen LogP contribution in [0.15, 0.2) is 54.0 Å². The van der Waals surface area contributed by atoms with Crippen LogP contribution in [0.2, 0.25) is 0 Å². The minimum atomic E-state index is -0.101. The molecule has 0 radical (unpaired) electrons. The van der Waals surface area contributed by atoms with E-state index in [4.69, 9.17) is 14.6 Å². The van der Waals surface area contributed by atoms with Crippen LogP contribution >= 0.6 is 0 Å². The molecule has 0 bridgehead atoms. The maximum Gasteiger partial charge on any atom is 0.231 e. The van der Waals surface area contributed by atoms with Crippen molar-refractivity contribution in [2.24, 2.45) is 11.8 Å². The summed E-state index contributed by atoms with van der Waals surface area (Å²) in [5.74, 6) is 10.5. The average molecular weight is 278 g/mol. The molecule has 2 aliphatic rings. The summed E-state index contributed by atoms with van der Waals surface area (Å²) in [6, 6.07) is 9.83. The monoisotopic (exact) mass is 278 g/mol. The van der Waals surface area contributed by atoms with Gasteiger partial charge in [0.1, 0.15) is 6.11 Å². The van der Waals surface area contributed by atoms with Gasteiger partial charge in [-0.25, -0.2) is 0 Å². The Bertz CT molecular complexity index is 693. The number of ether oxygens (including phenoxy) is 2. The SMILES string of the molecule is OC#CC1C=C2OCOC2=CC(C#Cc2ccccc2)C1. The van der Waals surface area contributed by atoms with Gasteiger partial charge in [0.05, 0.1) is 0 Å². The molecule has 1 N–H and O–H groups in total. The smallest absolute Gasteiger partial charge is 0.231 e. The molecular formula is C18H14O3. The lowest BCUT2D eigenvalue weighted by Gasteiger charge is -2.07. The zero-order chi connectivity index (χ0) is 14.5. The van der Waals surface area contributed by atoms with Gasteiger partial charge in [0.15, 0.2) is 11.5 Å². The highest BCUT2D eigenvalue weighted by atomic mass is 16.7. The lowest BCUT2D eigenvalue weighted by atomic mass is 9.96. The summed E-state index contributed by atoms with van der Waals surface area (Å²) in [6.45, 7) is 0.218. The van der Waals surface area contributed by atoms with Crippen molar-refractivity contribution in [3.05, 3.63) is 59.6 Å². The van der Waals surface area contributed by atoms with Crippen LogP contribution in [-0.2, 0) is 9.47 Å². The molecule has 1 heterocycles. The van der Waals surface area contributed by atoms with E-state index < -0.39 is 0 Å². The summed E-state index contributed by atoms with van der Waals surface area (Å²) >= 11 is 0. The number of aliphatic hydroxyl groups is 1. The molecule has 3 heteroatoms. The van der Waals surface area contributed by atoms with Crippen molar-refractivity contribution in [1.82, 2.24) is 0 Å². The molecule has 1 aromatic rings. The highest BCUT2D eigenvalue weighted by Crippen LogP contribution is 2.30. The minimum absolute atomic E-state index is 0.00139. The van der Waals surface area contributed by atoms with Crippen molar-refractivity contribution in [1.29, 1.82) is 0 Å². The van der Waals surface area contributed by atoms with E-state index in [0.717, 1.165) is 5.56 Å². The van der Waals surface area contributed by atoms with Crippen molar-refractivity contribution in [2.45, 2.75) is 6.42 Å². The first-order chi connectivity index (χ1) is 10.3. The van der Waals surface area contributed by atoms with E-state index >= 15 is 0 Å². The zero-order valence-corrected chi connectivity index (χ0v) is 11.4. The lowest BCUT2D eigenvalue weighted by molar-refractivity contribution is 0.0964. The molecule has 3 rings (SSSR count). The molecular weight excluding hydrogens is 264 g/mol. The molecule has 21 heavy (non-hydrogen) atoms. The number of hydrogen-bond donors (Lipinski definition) is 1. The van der Waals surface area contributed by atoms with Crippen molar-refractivity contribution < 1.29 is 14.6 Å². The summed E-state index contributed by atoms with van der Waals surface area (Å²) in [6.07, 6.45) is 6.53. The molecule has 1 aliphatic carbocycles. The van der Waals surface area contributed by atoms with Gasteiger partial charge in [-0.3, -0.25) is 0 Å². The Morgan fingerprint density at radius 3 is 2.29 bits per heavy atom. The normalized spacial score (nSPS) is 22.7. The largest absolute Gasteiger partial charge is 0.462 e. The van der Waals surface area contributed by atoms with E-state index in [0.29, 0.717) is 17.9 Å². The van der Waals surface area contributed by atoms with Crippen LogP contribution < -0.4 is 0 Å².